The van der Waals surface area contributed by atoms with Gasteiger partial charge in [-0.3, -0.25) is 0 Å². The summed E-state index contributed by atoms with van der Waals surface area (Å²) in [5.74, 6) is 2.53. The smallest absolute Gasteiger partial charge is 0.202 e. The molecule has 0 bridgehead atoms. The molecule has 0 amide bonds. The van der Waals surface area contributed by atoms with E-state index in [9.17, 15) is 0 Å². The average Bonchev–Trinajstić information content (AvgIpc) is 2.93. The molecule has 0 atom stereocenters. The van der Waals surface area contributed by atoms with Gasteiger partial charge in [-0.25, -0.2) is 4.98 Å². The number of aromatic nitrogens is 2. The van der Waals surface area contributed by atoms with E-state index in [0.29, 0.717) is 19.8 Å². The number of hydrogen-bond acceptors (Lipinski definition) is 6. The second-order valence-corrected chi connectivity index (χ2v) is 4.92. The molecule has 0 fully saturated rings. The van der Waals surface area contributed by atoms with Crippen molar-refractivity contribution in [1.82, 2.24) is 9.36 Å². The van der Waals surface area contributed by atoms with Gasteiger partial charge in [-0.05, 0) is 6.07 Å². The normalized spacial score (nSPS) is 13.3. The minimum atomic E-state index is 0.600. The third kappa shape index (κ3) is 2.63. The van der Waals surface area contributed by atoms with Crippen LogP contribution in [0.1, 0.15) is 18.3 Å². The summed E-state index contributed by atoms with van der Waals surface area (Å²) in [7, 11) is 0. The van der Waals surface area contributed by atoms with Crippen molar-refractivity contribution in [3.05, 3.63) is 29.6 Å². The van der Waals surface area contributed by atoms with Crippen molar-refractivity contribution in [2.75, 3.05) is 18.5 Å². The third-order valence-corrected chi connectivity index (χ3v) is 3.57. The molecule has 2 heterocycles. The van der Waals surface area contributed by atoms with Crippen LogP contribution in [0.25, 0.3) is 0 Å². The minimum Gasteiger partial charge on any atom is -0.486 e. The monoisotopic (exact) mass is 277 g/mol. The summed E-state index contributed by atoms with van der Waals surface area (Å²) in [6.45, 7) is 3.92. The highest BCUT2D eigenvalue weighted by Crippen LogP contribution is 2.33. The number of fused-ring (bicyclic) bond motifs is 1. The Labute approximate surface area is 115 Å². The molecule has 2 aromatic rings. The Morgan fingerprint density at radius 3 is 3.05 bits per heavy atom. The van der Waals surface area contributed by atoms with Gasteiger partial charge in [0.15, 0.2) is 11.5 Å². The summed E-state index contributed by atoms with van der Waals surface area (Å²) in [6, 6.07) is 5.93. The van der Waals surface area contributed by atoms with E-state index in [0.717, 1.165) is 34.4 Å². The summed E-state index contributed by atoms with van der Waals surface area (Å²) in [6.07, 6.45) is 0.857. The topological polar surface area (TPSA) is 56.3 Å². The molecule has 0 spiro atoms. The summed E-state index contributed by atoms with van der Waals surface area (Å²) in [4.78, 5) is 4.38. The third-order valence-electron chi connectivity index (χ3n) is 2.86. The van der Waals surface area contributed by atoms with E-state index >= 15 is 0 Å². The van der Waals surface area contributed by atoms with E-state index in [4.69, 9.17) is 9.47 Å². The molecule has 0 saturated heterocycles. The Hall–Kier alpha value is -1.82. The number of aryl methyl sites for hydroxylation is 1. The number of hydrogen-bond donors (Lipinski definition) is 1. The molecule has 1 aromatic carbocycles. The minimum absolute atomic E-state index is 0.600. The number of benzene rings is 1. The molecule has 0 radical (unpaired) electrons. The van der Waals surface area contributed by atoms with Crippen molar-refractivity contribution in [2.45, 2.75) is 19.9 Å². The Morgan fingerprint density at radius 1 is 1.32 bits per heavy atom. The Morgan fingerprint density at radius 2 is 2.21 bits per heavy atom. The zero-order valence-electron chi connectivity index (χ0n) is 10.7. The van der Waals surface area contributed by atoms with E-state index < -0.39 is 0 Å². The van der Waals surface area contributed by atoms with Gasteiger partial charge in [0.2, 0.25) is 5.13 Å². The van der Waals surface area contributed by atoms with Crippen LogP contribution in [0.3, 0.4) is 0 Å². The summed E-state index contributed by atoms with van der Waals surface area (Å²) in [5.41, 5.74) is 1.07. The van der Waals surface area contributed by atoms with Crippen LogP contribution in [0.4, 0.5) is 5.13 Å². The van der Waals surface area contributed by atoms with Crippen LogP contribution in [0.15, 0.2) is 18.2 Å². The molecule has 3 rings (SSSR count). The van der Waals surface area contributed by atoms with Crippen LogP contribution in [0.2, 0.25) is 0 Å². The summed E-state index contributed by atoms with van der Waals surface area (Å²) >= 11 is 1.39. The zero-order chi connectivity index (χ0) is 13.1. The van der Waals surface area contributed by atoms with E-state index in [1.807, 2.05) is 25.1 Å². The van der Waals surface area contributed by atoms with Crippen molar-refractivity contribution in [2.24, 2.45) is 0 Å². The molecule has 100 valence electrons. The Balaban J connectivity index is 1.73. The maximum absolute atomic E-state index is 5.67. The first-order valence-electron chi connectivity index (χ1n) is 6.30. The highest BCUT2D eigenvalue weighted by atomic mass is 32.1. The fourth-order valence-electron chi connectivity index (χ4n) is 1.91. The first-order valence-corrected chi connectivity index (χ1v) is 7.08. The fourth-order valence-corrected chi connectivity index (χ4v) is 2.56. The number of para-hydroxylation sites is 1. The molecule has 5 nitrogen and oxygen atoms in total. The zero-order valence-corrected chi connectivity index (χ0v) is 11.5. The summed E-state index contributed by atoms with van der Waals surface area (Å²) in [5, 5.41) is 4.11. The molecule has 0 saturated carbocycles. The lowest BCUT2D eigenvalue weighted by molar-refractivity contribution is 0.170. The molecule has 0 unspecified atom stereocenters. The second kappa shape index (κ2) is 5.44. The van der Waals surface area contributed by atoms with Crippen molar-refractivity contribution >= 4 is 16.7 Å². The Kier molecular flexibility index (Phi) is 3.50. The standard InChI is InChI=1S/C13H15N3O2S/c1-2-11-15-13(19-16-11)14-8-9-4-3-5-10-12(9)18-7-6-17-10/h3-5H,2,6-8H2,1H3,(H,14,15,16). The van der Waals surface area contributed by atoms with Crippen LogP contribution < -0.4 is 14.8 Å². The maximum atomic E-state index is 5.67. The molecule has 19 heavy (non-hydrogen) atoms. The van der Waals surface area contributed by atoms with Crippen LogP contribution >= 0.6 is 11.5 Å². The summed E-state index contributed by atoms with van der Waals surface area (Å²) < 4.78 is 15.5. The predicted molar refractivity (Wildman–Crippen MR) is 74.0 cm³/mol. The van der Waals surface area contributed by atoms with Gasteiger partial charge >= 0.3 is 0 Å². The lowest BCUT2D eigenvalue weighted by Crippen LogP contribution is -2.17. The van der Waals surface area contributed by atoms with Crippen LogP contribution in [-0.2, 0) is 13.0 Å². The van der Waals surface area contributed by atoms with Crippen molar-refractivity contribution in [3.63, 3.8) is 0 Å². The predicted octanol–water partition coefficient (Wildman–Crippen LogP) is 2.48. The molecule has 1 aliphatic heterocycles. The number of nitrogens with zero attached hydrogens (tertiary/aromatic N) is 2. The highest BCUT2D eigenvalue weighted by molar-refractivity contribution is 7.09. The van der Waals surface area contributed by atoms with Crippen molar-refractivity contribution < 1.29 is 9.47 Å². The van der Waals surface area contributed by atoms with Gasteiger partial charge in [0.1, 0.15) is 19.0 Å². The van der Waals surface area contributed by atoms with E-state index in [-0.39, 0.29) is 0 Å². The fraction of sp³-hybridized carbons (Fsp3) is 0.385. The van der Waals surface area contributed by atoms with Crippen LogP contribution in [0.5, 0.6) is 11.5 Å². The number of anilines is 1. The SMILES string of the molecule is CCc1nsc(NCc2cccc3c2OCCO3)n1. The highest BCUT2D eigenvalue weighted by Gasteiger charge is 2.15. The van der Waals surface area contributed by atoms with Crippen molar-refractivity contribution in [3.8, 4) is 11.5 Å². The number of ether oxygens (including phenoxy) is 2. The van der Waals surface area contributed by atoms with E-state index in [1.54, 1.807) is 0 Å². The molecule has 1 aromatic heterocycles. The lowest BCUT2D eigenvalue weighted by Gasteiger charge is -2.20. The quantitative estimate of drug-likeness (QED) is 0.930. The average molecular weight is 277 g/mol. The van der Waals surface area contributed by atoms with Gasteiger partial charge in [-0.15, -0.1) is 0 Å². The number of rotatable bonds is 4. The number of nitrogens with one attached hydrogen (secondary N) is 1. The largest absolute Gasteiger partial charge is 0.486 e. The molecular weight excluding hydrogens is 262 g/mol. The van der Waals surface area contributed by atoms with Gasteiger partial charge in [-0.2, -0.15) is 4.37 Å². The molecule has 0 aliphatic carbocycles. The van der Waals surface area contributed by atoms with Gasteiger partial charge in [0.25, 0.3) is 0 Å². The van der Waals surface area contributed by atoms with Gasteiger partial charge in [0, 0.05) is 30.1 Å². The maximum Gasteiger partial charge on any atom is 0.202 e. The van der Waals surface area contributed by atoms with Gasteiger partial charge < -0.3 is 14.8 Å². The molecule has 1 aliphatic rings. The first kappa shape index (κ1) is 12.2. The van der Waals surface area contributed by atoms with E-state index in [2.05, 4.69) is 14.7 Å². The second-order valence-electron chi connectivity index (χ2n) is 4.16. The molecular formula is C13H15N3O2S. The van der Waals surface area contributed by atoms with Gasteiger partial charge in [0.05, 0.1) is 0 Å². The lowest BCUT2D eigenvalue weighted by atomic mass is 10.2. The first-order chi connectivity index (χ1) is 9.36. The Bertz CT molecular complexity index is 571. The van der Waals surface area contributed by atoms with Crippen LogP contribution in [0, 0.1) is 0 Å². The van der Waals surface area contributed by atoms with Crippen LogP contribution in [-0.4, -0.2) is 22.6 Å². The molecule has 1 N–H and O–H groups in total. The molecule has 6 heteroatoms. The van der Waals surface area contributed by atoms with E-state index in [1.165, 1.54) is 11.5 Å². The van der Waals surface area contributed by atoms with Gasteiger partial charge in [-0.1, -0.05) is 19.1 Å². The van der Waals surface area contributed by atoms with Crippen molar-refractivity contribution in [1.29, 1.82) is 0 Å².